The topological polar surface area (TPSA) is 45.5 Å². The van der Waals surface area contributed by atoms with Gasteiger partial charge in [0.15, 0.2) is 0 Å². The summed E-state index contributed by atoms with van der Waals surface area (Å²) >= 11 is 1.56. The molecule has 0 atom stereocenters. The molecule has 0 amide bonds. The minimum absolute atomic E-state index is 0.337. The lowest BCUT2D eigenvalue weighted by Crippen LogP contribution is -2.07. The zero-order chi connectivity index (χ0) is 14.3. The first-order chi connectivity index (χ1) is 9.61. The highest BCUT2D eigenvalue weighted by Gasteiger charge is 2.19. The van der Waals surface area contributed by atoms with Crippen molar-refractivity contribution in [3.8, 4) is 0 Å². The maximum absolute atomic E-state index is 11.3. The minimum Gasteiger partial charge on any atom is -0.478 e. The van der Waals surface area contributed by atoms with Gasteiger partial charge in [-0.05, 0) is 42.0 Å². The summed E-state index contributed by atoms with van der Waals surface area (Å²) in [4.78, 5) is 11.3. The lowest BCUT2D eigenvalue weighted by Gasteiger charge is -2.17. The van der Waals surface area contributed by atoms with Crippen molar-refractivity contribution in [3.63, 3.8) is 0 Å². The van der Waals surface area contributed by atoms with E-state index in [4.69, 9.17) is 0 Å². The van der Waals surface area contributed by atoms with Crippen molar-refractivity contribution in [1.29, 1.82) is 0 Å². The van der Waals surface area contributed by atoms with Gasteiger partial charge in [0.1, 0.15) is 0 Å². The molecule has 20 heavy (non-hydrogen) atoms. The summed E-state index contributed by atoms with van der Waals surface area (Å²) in [5.74, 6) is -0.885. The number of aryl methyl sites for hydroxylation is 1. The summed E-state index contributed by atoms with van der Waals surface area (Å²) in [6.07, 6.45) is 5.22. The van der Waals surface area contributed by atoms with Crippen LogP contribution in [0.5, 0.6) is 0 Å². The molecule has 0 unspecified atom stereocenters. The minimum atomic E-state index is -0.885. The monoisotopic (exact) mass is 288 g/mol. The first kappa shape index (κ1) is 13.1. The highest BCUT2D eigenvalue weighted by molar-refractivity contribution is 8.03. The van der Waals surface area contributed by atoms with Crippen molar-refractivity contribution in [1.82, 2.24) is 4.57 Å². The SMILES string of the molecule is CCCn1cc2c3c(cc(C(=O)O)cc31)N(C)SC=C2. The second-order valence-corrected chi connectivity index (χ2v) is 5.91. The molecule has 0 fully saturated rings. The summed E-state index contributed by atoms with van der Waals surface area (Å²) in [5.41, 5.74) is 3.44. The average molecular weight is 288 g/mol. The molecule has 1 aliphatic heterocycles. The third kappa shape index (κ3) is 1.98. The molecule has 5 heteroatoms. The Morgan fingerprint density at radius 3 is 2.90 bits per heavy atom. The van der Waals surface area contributed by atoms with Gasteiger partial charge >= 0.3 is 5.97 Å². The van der Waals surface area contributed by atoms with Gasteiger partial charge in [-0.3, -0.25) is 0 Å². The molecule has 0 saturated heterocycles. The molecular weight excluding hydrogens is 272 g/mol. The lowest BCUT2D eigenvalue weighted by molar-refractivity contribution is 0.0697. The quantitative estimate of drug-likeness (QED) is 0.872. The highest BCUT2D eigenvalue weighted by Crippen LogP contribution is 2.38. The van der Waals surface area contributed by atoms with Crippen LogP contribution in [0, 0.1) is 0 Å². The summed E-state index contributed by atoms with van der Waals surface area (Å²) in [6, 6.07) is 3.53. The Balaban J connectivity index is 2.36. The van der Waals surface area contributed by atoms with E-state index in [1.54, 1.807) is 24.1 Å². The maximum Gasteiger partial charge on any atom is 0.335 e. The number of anilines is 1. The fraction of sp³-hybridized carbons (Fsp3) is 0.267. The van der Waals surface area contributed by atoms with E-state index in [2.05, 4.69) is 23.8 Å². The molecular formula is C15H16N2O2S. The van der Waals surface area contributed by atoms with Crippen molar-refractivity contribution < 1.29 is 9.90 Å². The van der Waals surface area contributed by atoms with Crippen molar-refractivity contribution in [2.24, 2.45) is 0 Å². The number of rotatable bonds is 3. The summed E-state index contributed by atoms with van der Waals surface area (Å²) in [7, 11) is 1.96. The number of hydrogen-bond acceptors (Lipinski definition) is 3. The van der Waals surface area contributed by atoms with Crippen LogP contribution in [0.2, 0.25) is 0 Å². The zero-order valence-corrected chi connectivity index (χ0v) is 12.3. The molecule has 2 aromatic rings. The molecule has 0 bridgehead atoms. The third-order valence-corrected chi connectivity index (χ3v) is 4.28. The van der Waals surface area contributed by atoms with Gasteiger partial charge in [-0.25, -0.2) is 4.79 Å². The number of carboxylic acids is 1. The van der Waals surface area contributed by atoms with Crippen LogP contribution in [0.25, 0.3) is 17.0 Å². The van der Waals surface area contributed by atoms with Crippen LogP contribution in [-0.2, 0) is 6.54 Å². The van der Waals surface area contributed by atoms with Crippen molar-refractivity contribution in [2.45, 2.75) is 19.9 Å². The number of benzene rings is 1. The maximum atomic E-state index is 11.3. The molecule has 4 nitrogen and oxygen atoms in total. The van der Waals surface area contributed by atoms with Crippen LogP contribution in [0.3, 0.4) is 0 Å². The van der Waals surface area contributed by atoms with Gasteiger partial charge in [-0.1, -0.05) is 6.92 Å². The van der Waals surface area contributed by atoms with E-state index >= 15 is 0 Å². The van der Waals surface area contributed by atoms with Crippen LogP contribution >= 0.6 is 11.9 Å². The average Bonchev–Trinajstić information content (AvgIpc) is 2.67. The van der Waals surface area contributed by atoms with E-state index in [1.165, 1.54) is 0 Å². The van der Waals surface area contributed by atoms with Crippen LogP contribution in [-0.4, -0.2) is 22.7 Å². The van der Waals surface area contributed by atoms with Crippen LogP contribution in [0.4, 0.5) is 5.69 Å². The molecule has 1 N–H and O–H groups in total. The predicted octanol–water partition coefficient (Wildman–Crippen LogP) is 3.82. The Morgan fingerprint density at radius 2 is 2.20 bits per heavy atom. The van der Waals surface area contributed by atoms with Gasteiger partial charge in [0.05, 0.1) is 16.8 Å². The molecule has 1 aromatic carbocycles. The second-order valence-electron chi connectivity index (χ2n) is 4.88. The van der Waals surface area contributed by atoms with Crippen molar-refractivity contribution in [2.75, 3.05) is 11.4 Å². The van der Waals surface area contributed by atoms with Gasteiger partial charge in [0, 0.05) is 30.7 Å². The van der Waals surface area contributed by atoms with Gasteiger partial charge in [-0.15, -0.1) is 0 Å². The molecule has 2 heterocycles. The van der Waals surface area contributed by atoms with E-state index in [0.29, 0.717) is 5.56 Å². The Bertz CT molecular complexity index is 718. The Hall–Kier alpha value is -1.88. The normalized spacial score (nSPS) is 13.8. The molecule has 1 aliphatic rings. The number of nitrogens with zero attached hydrogens (tertiary/aromatic N) is 2. The molecule has 3 rings (SSSR count). The number of carboxylic acid groups (broad SMARTS) is 1. The predicted molar refractivity (Wildman–Crippen MR) is 84.2 cm³/mol. The van der Waals surface area contributed by atoms with E-state index < -0.39 is 5.97 Å². The Labute approximate surface area is 121 Å². The van der Waals surface area contributed by atoms with E-state index in [-0.39, 0.29) is 0 Å². The number of carbonyl (C=O) groups is 1. The van der Waals surface area contributed by atoms with E-state index in [9.17, 15) is 9.90 Å². The number of aromatic carboxylic acids is 1. The molecule has 104 valence electrons. The van der Waals surface area contributed by atoms with Crippen LogP contribution < -0.4 is 4.31 Å². The molecule has 0 radical (unpaired) electrons. The van der Waals surface area contributed by atoms with Gasteiger partial charge in [0.25, 0.3) is 0 Å². The molecule has 0 aliphatic carbocycles. The fourth-order valence-corrected chi connectivity index (χ4v) is 3.26. The number of aromatic nitrogens is 1. The van der Waals surface area contributed by atoms with Gasteiger partial charge < -0.3 is 14.0 Å². The summed E-state index contributed by atoms with van der Waals surface area (Å²) in [5, 5.41) is 12.5. The fourth-order valence-electron chi connectivity index (χ4n) is 2.61. The van der Waals surface area contributed by atoms with E-state index in [1.807, 2.05) is 16.8 Å². The first-order valence-electron chi connectivity index (χ1n) is 6.59. The third-order valence-electron chi connectivity index (χ3n) is 3.51. The number of hydrogen-bond donors (Lipinski definition) is 1. The first-order valence-corrected chi connectivity index (χ1v) is 7.42. The molecule has 0 spiro atoms. The Morgan fingerprint density at radius 1 is 1.40 bits per heavy atom. The molecule has 1 aromatic heterocycles. The Kier molecular flexibility index (Phi) is 3.22. The van der Waals surface area contributed by atoms with Crippen LogP contribution in [0.1, 0.15) is 29.3 Å². The van der Waals surface area contributed by atoms with Crippen molar-refractivity contribution >= 4 is 40.6 Å². The lowest BCUT2D eigenvalue weighted by atomic mass is 10.1. The van der Waals surface area contributed by atoms with Crippen LogP contribution in [0.15, 0.2) is 23.7 Å². The highest BCUT2D eigenvalue weighted by atomic mass is 32.2. The van der Waals surface area contributed by atoms with E-state index in [0.717, 1.165) is 35.1 Å². The summed E-state index contributed by atoms with van der Waals surface area (Å²) < 4.78 is 4.16. The van der Waals surface area contributed by atoms with Gasteiger partial charge in [-0.2, -0.15) is 0 Å². The summed E-state index contributed by atoms with van der Waals surface area (Å²) in [6.45, 7) is 3.01. The van der Waals surface area contributed by atoms with Crippen molar-refractivity contribution in [3.05, 3.63) is 34.9 Å². The standard InChI is InChI=1S/C15H16N2O2S/c1-3-5-17-9-10-4-6-20-16(2)12-7-11(15(18)19)8-13(17)14(10)12/h4,6-9H,3,5H2,1-2H3,(H,18,19). The van der Waals surface area contributed by atoms with Gasteiger partial charge in [0.2, 0.25) is 0 Å². The smallest absolute Gasteiger partial charge is 0.335 e. The largest absolute Gasteiger partial charge is 0.478 e. The molecule has 0 saturated carbocycles. The zero-order valence-electron chi connectivity index (χ0n) is 11.5. The second kappa shape index (κ2) is 4.90.